The molecule has 162 valence electrons. The van der Waals surface area contributed by atoms with Crippen LogP contribution in [-0.4, -0.2) is 31.0 Å². The summed E-state index contributed by atoms with van der Waals surface area (Å²) in [5, 5.41) is 11.3. The number of rotatable bonds is 5. The van der Waals surface area contributed by atoms with E-state index in [-0.39, 0.29) is 28.3 Å². The van der Waals surface area contributed by atoms with Gasteiger partial charge in [-0.2, -0.15) is 0 Å². The number of hydrogen-bond acceptors (Lipinski definition) is 5. The molecule has 0 bridgehead atoms. The van der Waals surface area contributed by atoms with Gasteiger partial charge in [-0.05, 0) is 35.9 Å². The van der Waals surface area contributed by atoms with Gasteiger partial charge in [0.2, 0.25) is 0 Å². The third-order valence-corrected chi connectivity index (χ3v) is 5.31. The van der Waals surface area contributed by atoms with Crippen molar-refractivity contribution in [2.45, 2.75) is 6.04 Å². The van der Waals surface area contributed by atoms with Crippen LogP contribution in [0, 0.1) is 5.82 Å². The molecule has 1 unspecified atom stereocenters. The van der Waals surface area contributed by atoms with E-state index in [4.69, 9.17) is 9.47 Å². The first-order valence-electron chi connectivity index (χ1n) is 9.80. The number of halogens is 1. The van der Waals surface area contributed by atoms with E-state index in [0.717, 1.165) is 0 Å². The zero-order chi connectivity index (χ0) is 22.8. The van der Waals surface area contributed by atoms with Crippen LogP contribution in [0.4, 0.5) is 10.1 Å². The molecule has 1 fully saturated rings. The predicted molar refractivity (Wildman–Crippen MR) is 117 cm³/mol. The molecular weight excluding hydrogens is 413 g/mol. The minimum atomic E-state index is -0.979. The molecule has 32 heavy (non-hydrogen) atoms. The molecule has 0 spiro atoms. The molecular formula is C25H20FNO5. The van der Waals surface area contributed by atoms with Gasteiger partial charge in [-0.15, -0.1) is 0 Å². The average Bonchev–Trinajstić information content (AvgIpc) is 3.09. The van der Waals surface area contributed by atoms with Crippen molar-refractivity contribution in [1.29, 1.82) is 0 Å². The number of carbonyl (C=O) groups excluding carboxylic acids is 2. The lowest BCUT2D eigenvalue weighted by Gasteiger charge is -2.25. The van der Waals surface area contributed by atoms with Crippen LogP contribution in [0.3, 0.4) is 0 Å². The molecule has 1 amide bonds. The number of aliphatic hydroxyl groups is 1. The number of Topliss-reactive ketones (excluding diaryl/α,β-unsaturated/α-hetero) is 1. The summed E-state index contributed by atoms with van der Waals surface area (Å²) in [5.41, 5.74) is 0.780. The third-order valence-electron chi connectivity index (χ3n) is 5.31. The quantitative estimate of drug-likeness (QED) is 0.365. The van der Waals surface area contributed by atoms with Crippen LogP contribution in [0.5, 0.6) is 11.5 Å². The molecule has 1 N–H and O–H groups in total. The van der Waals surface area contributed by atoms with Crippen LogP contribution in [0.25, 0.3) is 5.76 Å². The van der Waals surface area contributed by atoms with Crippen LogP contribution >= 0.6 is 0 Å². The van der Waals surface area contributed by atoms with Gasteiger partial charge in [0, 0.05) is 5.69 Å². The minimum absolute atomic E-state index is 0.145. The Morgan fingerprint density at radius 2 is 1.53 bits per heavy atom. The van der Waals surface area contributed by atoms with Crippen molar-refractivity contribution >= 4 is 23.1 Å². The number of ketones is 1. The van der Waals surface area contributed by atoms with E-state index in [1.54, 1.807) is 48.5 Å². The number of carbonyl (C=O) groups is 2. The van der Waals surface area contributed by atoms with Gasteiger partial charge >= 0.3 is 0 Å². The first-order chi connectivity index (χ1) is 15.5. The SMILES string of the molecule is COc1cccc(OC)c1/C(O)=C1\C(=O)C(=O)N(c2cccc(F)c2)C1c1ccccc1. The van der Waals surface area contributed by atoms with Crippen LogP contribution in [0.15, 0.2) is 78.4 Å². The van der Waals surface area contributed by atoms with Crippen molar-refractivity contribution in [2.75, 3.05) is 19.1 Å². The summed E-state index contributed by atoms with van der Waals surface area (Å²) in [7, 11) is 2.84. The minimum Gasteiger partial charge on any atom is -0.506 e. The van der Waals surface area contributed by atoms with E-state index < -0.39 is 29.3 Å². The summed E-state index contributed by atoms with van der Waals surface area (Å²) in [6.45, 7) is 0. The maximum atomic E-state index is 14.0. The highest BCUT2D eigenvalue weighted by atomic mass is 19.1. The highest BCUT2D eigenvalue weighted by molar-refractivity contribution is 6.51. The molecule has 4 rings (SSSR count). The summed E-state index contributed by atoms with van der Waals surface area (Å²) in [4.78, 5) is 27.5. The molecule has 0 aromatic heterocycles. The van der Waals surface area contributed by atoms with Crippen molar-refractivity contribution in [3.05, 3.63) is 95.3 Å². The fraction of sp³-hybridized carbons (Fsp3) is 0.120. The lowest BCUT2D eigenvalue weighted by molar-refractivity contribution is -0.132. The number of nitrogens with zero attached hydrogens (tertiary/aromatic N) is 1. The molecule has 6 nitrogen and oxygen atoms in total. The van der Waals surface area contributed by atoms with Gasteiger partial charge in [0.15, 0.2) is 0 Å². The summed E-state index contributed by atoms with van der Waals surface area (Å²) >= 11 is 0. The fourth-order valence-electron chi connectivity index (χ4n) is 3.89. The molecule has 3 aromatic carbocycles. The zero-order valence-corrected chi connectivity index (χ0v) is 17.4. The number of aliphatic hydroxyl groups excluding tert-OH is 1. The fourth-order valence-corrected chi connectivity index (χ4v) is 3.89. The van der Waals surface area contributed by atoms with E-state index >= 15 is 0 Å². The van der Waals surface area contributed by atoms with Crippen molar-refractivity contribution < 1.29 is 28.6 Å². The average molecular weight is 433 g/mol. The zero-order valence-electron chi connectivity index (χ0n) is 17.4. The van der Waals surface area contributed by atoms with Crippen molar-refractivity contribution in [1.82, 2.24) is 0 Å². The van der Waals surface area contributed by atoms with Crippen LogP contribution in [-0.2, 0) is 9.59 Å². The Hall–Kier alpha value is -4.13. The summed E-state index contributed by atoms with van der Waals surface area (Å²) < 4.78 is 24.7. The Kier molecular flexibility index (Phi) is 5.64. The lowest BCUT2D eigenvalue weighted by atomic mass is 9.94. The third kappa shape index (κ3) is 3.47. The van der Waals surface area contributed by atoms with Crippen LogP contribution < -0.4 is 14.4 Å². The number of methoxy groups -OCH3 is 2. The van der Waals surface area contributed by atoms with Gasteiger partial charge in [0.1, 0.15) is 28.6 Å². The topological polar surface area (TPSA) is 76.1 Å². The van der Waals surface area contributed by atoms with E-state index in [1.165, 1.54) is 43.4 Å². The Labute approximate surface area is 184 Å². The molecule has 0 aliphatic carbocycles. The maximum absolute atomic E-state index is 14.0. The second kappa shape index (κ2) is 8.55. The first-order valence-corrected chi connectivity index (χ1v) is 9.80. The molecule has 3 aromatic rings. The smallest absolute Gasteiger partial charge is 0.300 e. The summed E-state index contributed by atoms with van der Waals surface area (Å²) in [6.07, 6.45) is 0. The van der Waals surface area contributed by atoms with Gasteiger partial charge in [-0.25, -0.2) is 4.39 Å². The molecule has 1 atom stereocenters. The molecule has 1 aliphatic heterocycles. The number of amides is 1. The van der Waals surface area contributed by atoms with Gasteiger partial charge in [-0.1, -0.05) is 42.5 Å². The van der Waals surface area contributed by atoms with Crippen LogP contribution in [0.2, 0.25) is 0 Å². The number of hydrogen-bond donors (Lipinski definition) is 1. The Balaban J connectivity index is 2.01. The van der Waals surface area contributed by atoms with Crippen molar-refractivity contribution in [3.8, 4) is 11.5 Å². The number of ether oxygens (including phenoxy) is 2. The highest BCUT2D eigenvalue weighted by Crippen LogP contribution is 2.45. The standard InChI is InChI=1S/C25H20FNO5/c1-31-18-12-7-13-19(32-2)20(18)23(28)21-22(15-8-4-3-5-9-15)27(25(30)24(21)29)17-11-6-10-16(26)14-17/h3-14,22,28H,1-2H3/b23-21+. The number of benzene rings is 3. The highest BCUT2D eigenvalue weighted by Gasteiger charge is 2.47. The predicted octanol–water partition coefficient (Wildman–Crippen LogP) is 4.47. The Bertz CT molecular complexity index is 1200. The van der Waals surface area contributed by atoms with Crippen LogP contribution in [0.1, 0.15) is 17.2 Å². The van der Waals surface area contributed by atoms with E-state index in [9.17, 15) is 19.1 Å². The molecule has 1 aliphatic rings. The molecule has 1 heterocycles. The Morgan fingerprint density at radius 3 is 2.12 bits per heavy atom. The summed E-state index contributed by atoms with van der Waals surface area (Å²) in [5.74, 6) is -2.22. The molecule has 1 saturated heterocycles. The number of anilines is 1. The Morgan fingerprint density at radius 1 is 0.906 bits per heavy atom. The second-order valence-corrected chi connectivity index (χ2v) is 7.10. The van der Waals surface area contributed by atoms with Gasteiger partial charge in [0.25, 0.3) is 11.7 Å². The normalized spacial score (nSPS) is 17.5. The first kappa shape index (κ1) is 21.1. The molecule has 0 radical (unpaired) electrons. The van der Waals surface area contributed by atoms with E-state index in [2.05, 4.69) is 0 Å². The van der Waals surface area contributed by atoms with Crippen molar-refractivity contribution in [3.63, 3.8) is 0 Å². The monoisotopic (exact) mass is 433 g/mol. The molecule has 0 saturated carbocycles. The van der Waals surface area contributed by atoms with Gasteiger partial charge < -0.3 is 14.6 Å². The molecule has 7 heteroatoms. The van der Waals surface area contributed by atoms with Gasteiger partial charge in [0.05, 0.1) is 25.8 Å². The van der Waals surface area contributed by atoms with Crippen molar-refractivity contribution in [2.24, 2.45) is 0 Å². The van der Waals surface area contributed by atoms with E-state index in [1.807, 2.05) is 0 Å². The second-order valence-electron chi connectivity index (χ2n) is 7.10. The summed E-state index contributed by atoms with van der Waals surface area (Å²) in [6, 6.07) is 18.1. The lowest BCUT2D eigenvalue weighted by Crippen LogP contribution is -2.29. The van der Waals surface area contributed by atoms with Gasteiger partial charge in [-0.3, -0.25) is 14.5 Å². The maximum Gasteiger partial charge on any atom is 0.300 e. The van der Waals surface area contributed by atoms with E-state index in [0.29, 0.717) is 5.56 Å². The largest absolute Gasteiger partial charge is 0.506 e.